The molecular weight excluding hydrogens is 271 g/mol. The summed E-state index contributed by atoms with van der Waals surface area (Å²) in [5, 5.41) is 9.34. The largest absolute Gasteiger partial charge is 0.416 e. The summed E-state index contributed by atoms with van der Waals surface area (Å²) in [7, 11) is 0. The van der Waals surface area contributed by atoms with Gasteiger partial charge in [-0.05, 0) is 30.5 Å². The summed E-state index contributed by atoms with van der Waals surface area (Å²) in [5.74, 6) is -0.0681. The predicted molar refractivity (Wildman–Crippen MR) is 67.0 cm³/mol. The van der Waals surface area contributed by atoms with Gasteiger partial charge in [0.25, 0.3) is 0 Å². The number of halogens is 3. The van der Waals surface area contributed by atoms with Crippen molar-refractivity contribution < 1.29 is 23.1 Å². The van der Waals surface area contributed by atoms with Gasteiger partial charge in [-0.3, -0.25) is 4.79 Å². The van der Waals surface area contributed by atoms with Gasteiger partial charge in [0.05, 0.1) is 11.7 Å². The van der Waals surface area contributed by atoms with Crippen LogP contribution in [0.3, 0.4) is 0 Å². The van der Waals surface area contributed by atoms with Gasteiger partial charge in [-0.2, -0.15) is 13.2 Å². The first-order valence-electron chi connectivity index (χ1n) is 6.48. The van der Waals surface area contributed by atoms with Gasteiger partial charge in [0, 0.05) is 19.5 Å². The first-order chi connectivity index (χ1) is 9.36. The van der Waals surface area contributed by atoms with Crippen LogP contribution in [-0.4, -0.2) is 35.1 Å². The van der Waals surface area contributed by atoms with Crippen LogP contribution in [0.4, 0.5) is 13.2 Å². The number of hydrogen-bond donors (Lipinski definition) is 1. The Balaban J connectivity index is 1.86. The number of aliphatic hydroxyl groups excluding tert-OH is 1. The highest BCUT2D eigenvalue weighted by atomic mass is 19.4. The minimum Gasteiger partial charge on any atom is -0.391 e. The lowest BCUT2D eigenvalue weighted by Crippen LogP contribution is -2.29. The fraction of sp³-hybridized carbons (Fsp3) is 0.500. The average Bonchev–Trinajstić information content (AvgIpc) is 2.82. The highest BCUT2D eigenvalue weighted by Crippen LogP contribution is 2.29. The van der Waals surface area contributed by atoms with Crippen molar-refractivity contribution in [2.75, 3.05) is 13.1 Å². The Morgan fingerprint density at radius 1 is 1.30 bits per heavy atom. The topological polar surface area (TPSA) is 40.5 Å². The molecule has 1 amide bonds. The molecule has 0 aliphatic carbocycles. The molecule has 1 aliphatic rings. The molecule has 1 aromatic carbocycles. The molecule has 1 heterocycles. The van der Waals surface area contributed by atoms with Crippen LogP contribution < -0.4 is 0 Å². The SMILES string of the molecule is O=C(CCc1ccc(C(F)(F)F)cc1)N1CC[C@H](O)C1. The molecule has 1 N–H and O–H groups in total. The van der Waals surface area contributed by atoms with Crippen molar-refractivity contribution in [3.05, 3.63) is 35.4 Å². The number of alkyl halides is 3. The number of aliphatic hydroxyl groups is 1. The summed E-state index contributed by atoms with van der Waals surface area (Å²) in [6.07, 6.45) is -3.54. The van der Waals surface area contributed by atoms with Gasteiger partial charge in [-0.25, -0.2) is 0 Å². The van der Waals surface area contributed by atoms with Crippen LogP contribution >= 0.6 is 0 Å². The number of rotatable bonds is 3. The third-order valence-electron chi connectivity index (χ3n) is 3.42. The monoisotopic (exact) mass is 287 g/mol. The average molecular weight is 287 g/mol. The molecule has 110 valence electrons. The first-order valence-corrected chi connectivity index (χ1v) is 6.48. The van der Waals surface area contributed by atoms with E-state index < -0.39 is 17.8 Å². The van der Waals surface area contributed by atoms with Gasteiger partial charge in [-0.1, -0.05) is 12.1 Å². The molecule has 0 saturated carbocycles. The molecular formula is C14H16F3NO2. The summed E-state index contributed by atoms with van der Waals surface area (Å²) < 4.78 is 37.2. The Hall–Kier alpha value is -1.56. The Bertz CT molecular complexity index is 470. The Labute approximate surface area is 115 Å². The van der Waals surface area contributed by atoms with E-state index in [0.29, 0.717) is 31.5 Å². The number of β-amino-alcohol motifs (C(OH)–C–C–N with tert-alkyl or cyclic N) is 1. The van der Waals surface area contributed by atoms with E-state index in [9.17, 15) is 23.1 Å². The second kappa shape index (κ2) is 5.83. The molecule has 1 saturated heterocycles. The molecule has 0 unspecified atom stereocenters. The highest BCUT2D eigenvalue weighted by Gasteiger charge is 2.30. The normalized spacial score (nSPS) is 19.4. The number of amides is 1. The standard InChI is InChI=1S/C14H16F3NO2/c15-14(16,17)11-4-1-10(2-5-11)3-6-13(20)18-8-7-12(19)9-18/h1-2,4-5,12,19H,3,6-9H2/t12-/m0/s1. The van der Waals surface area contributed by atoms with E-state index in [4.69, 9.17) is 0 Å². The maximum absolute atomic E-state index is 12.4. The smallest absolute Gasteiger partial charge is 0.391 e. The highest BCUT2D eigenvalue weighted by molar-refractivity contribution is 5.76. The molecule has 0 bridgehead atoms. The Morgan fingerprint density at radius 3 is 2.45 bits per heavy atom. The lowest BCUT2D eigenvalue weighted by molar-refractivity contribution is -0.137. The minimum absolute atomic E-state index is 0.0681. The zero-order chi connectivity index (χ0) is 14.8. The molecule has 1 aromatic rings. The molecule has 1 atom stereocenters. The number of carbonyl (C=O) groups excluding carboxylic acids is 1. The number of aryl methyl sites for hydroxylation is 1. The van der Waals surface area contributed by atoms with Crippen LogP contribution in [0.1, 0.15) is 24.0 Å². The number of likely N-dealkylation sites (tertiary alicyclic amines) is 1. The van der Waals surface area contributed by atoms with Crippen LogP contribution in [-0.2, 0) is 17.4 Å². The van der Waals surface area contributed by atoms with Crippen molar-refractivity contribution in [2.24, 2.45) is 0 Å². The Kier molecular flexibility index (Phi) is 4.32. The van der Waals surface area contributed by atoms with Crippen molar-refractivity contribution >= 4 is 5.91 Å². The summed E-state index contributed by atoms with van der Waals surface area (Å²) in [4.78, 5) is 13.4. The van der Waals surface area contributed by atoms with E-state index in [-0.39, 0.29) is 12.3 Å². The fourth-order valence-corrected chi connectivity index (χ4v) is 2.24. The number of carbonyl (C=O) groups is 1. The molecule has 0 aromatic heterocycles. The van der Waals surface area contributed by atoms with Crippen LogP contribution in [0.2, 0.25) is 0 Å². The van der Waals surface area contributed by atoms with Gasteiger partial charge < -0.3 is 10.0 Å². The van der Waals surface area contributed by atoms with Gasteiger partial charge in [0.2, 0.25) is 5.91 Å². The predicted octanol–water partition coefficient (Wildman–Crippen LogP) is 2.23. The molecule has 20 heavy (non-hydrogen) atoms. The third kappa shape index (κ3) is 3.72. The van der Waals surface area contributed by atoms with Crippen molar-refractivity contribution in [1.82, 2.24) is 4.90 Å². The second-order valence-corrected chi connectivity index (χ2v) is 4.98. The lowest BCUT2D eigenvalue weighted by Gasteiger charge is -2.15. The number of benzene rings is 1. The minimum atomic E-state index is -4.33. The van der Waals surface area contributed by atoms with Crippen molar-refractivity contribution in [3.8, 4) is 0 Å². The van der Waals surface area contributed by atoms with Crippen molar-refractivity contribution in [1.29, 1.82) is 0 Å². The second-order valence-electron chi connectivity index (χ2n) is 4.98. The maximum Gasteiger partial charge on any atom is 0.416 e. The summed E-state index contributed by atoms with van der Waals surface area (Å²) in [6.45, 7) is 0.902. The van der Waals surface area contributed by atoms with E-state index in [1.807, 2.05) is 0 Å². The zero-order valence-electron chi connectivity index (χ0n) is 10.9. The van der Waals surface area contributed by atoms with Crippen LogP contribution in [0, 0.1) is 0 Å². The molecule has 0 radical (unpaired) electrons. The molecule has 1 aliphatic heterocycles. The summed E-state index contributed by atoms with van der Waals surface area (Å²) in [5.41, 5.74) is 0.0151. The Morgan fingerprint density at radius 2 is 1.95 bits per heavy atom. The van der Waals surface area contributed by atoms with E-state index in [1.54, 1.807) is 4.90 Å². The summed E-state index contributed by atoms with van der Waals surface area (Å²) >= 11 is 0. The van der Waals surface area contributed by atoms with Crippen molar-refractivity contribution in [2.45, 2.75) is 31.5 Å². The molecule has 3 nitrogen and oxygen atoms in total. The molecule has 0 spiro atoms. The van der Waals surface area contributed by atoms with E-state index in [0.717, 1.165) is 12.1 Å². The van der Waals surface area contributed by atoms with Gasteiger partial charge in [-0.15, -0.1) is 0 Å². The molecule has 2 rings (SSSR count). The first kappa shape index (κ1) is 14.8. The fourth-order valence-electron chi connectivity index (χ4n) is 2.24. The van der Waals surface area contributed by atoms with E-state index >= 15 is 0 Å². The van der Waals surface area contributed by atoms with Crippen LogP contribution in [0.5, 0.6) is 0 Å². The van der Waals surface area contributed by atoms with E-state index in [1.165, 1.54) is 12.1 Å². The number of nitrogens with zero attached hydrogens (tertiary/aromatic N) is 1. The van der Waals surface area contributed by atoms with Gasteiger partial charge in [0.15, 0.2) is 0 Å². The van der Waals surface area contributed by atoms with Crippen LogP contribution in [0.15, 0.2) is 24.3 Å². The molecule has 1 fully saturated rings. The molecule has 6 heteroatoms. The summed E-state index contributed by atoms with van der Waals surface area (Å²) in [6, 6.07) is 4.85. The third-order valence-corrected chi connectivity index (χ3v) is 3.42. The maximum atomic E-state index is 12.4. The van der Waals surface area contributed by atoms with E-state index in [2.05, 4.69) is 0 Å². The number of hydrogen-bond acceptors (Lipinski definition) is 2. The quantitative estimate of drug-likeness (QED) is 0.926. The lowest BCUT2D eigenvalue weighted by atomic mass is 10.1. The van der Waals surface area contributed by atoms with Crippen LogP contribution in [0.25, 0.3) is 0 Å². The zero-order valence-corrected chi connectivity index (χ0v) is 10.9. The van der Waals surface area contributed by atoms with Gasteiger partial charge in [0.1, 0.15) is 0 Å². The van der Waals surface area contributed by atoms with Gasteiger partial charge >= 0.3 is 6.18 Å². The van der Waals surface area contributed by atoms with Crippen molar-refractivity contribution in [3.63, 3.8) is 0 Å².